The van der Waals surface area contributed by atoms with E-state index >= 15 is 0 Å². The molecule has 0 aliphatic carbocycles. The largest absolute Gasteiger partial charge is 0.493 e. The van der Waals surface area contributed by atoms with E-state index in [1.165, 1.54) is 26.2 Å². The highest BCUT2D eigenvalue weighted by atomic mass is 35.5. The van der Waals surface area contributed by atoms with Crippen LogP contribution in [0.25, 0.3) is 0 Å². The van der Waals surface area contributed by atoms with Gasteiger partial charge in [0, 0.05) is 33.1 Å². The number of methoxy groups -OCH3 is 1. The van der Waals surface area contributed by atoms with E-state index in [-0.39, 0.29) is 36.3 Å². The van der Waals surface area contributed by atoms with Gasteiger partial charge in [-0.25, -0.2) is 8.78 Å². The van der Waals surface area contributed by atoms with Gasteiger partial charge in [-0.3, -0.25) is 9.69 Å². The SMILES string of the molecule is COc1cc([C@@H](C(F)F)N2CCNCC2)ccc1OC(C)=O.Cl.Cl. The van der Waals surface area contributed by atoms with Gasteiger partial charge in [0.2, 0.25) is 0 Å². The number of nitrogens with zero attached hydrogens (tertiary/aromatic N) is 1. The predicted molar refractivity (Wildman–Crippen MR) is 92.0 cm³/mol. The fourth-order valence-electron chi connectivity index (χ4n) is 2.58. The molecule has 1 heterocycles. The Kier molecular flexibility index (Phi) is 10.1. The Hall–Kier alpha value is -1.15. The molecular weight excluding hydrogens is 365 g/mol. The lowest BCUT2D eigenvalue weighted by Crippen LogP contribution is -2.46. The van der Waals surface area contributed by atoms with Gasteiger partial charge in [-0.2, -0.15) is 0 Å². The molecule has 0 aromatic heterocycles. The van der Waals surface area contributed by atoms with Crippen molar-refractivity contribution in [1.29, 1.82) is 0 Å². The van der Waals surface area contributed by atoms with Crippen LogP contribution >= 0.6 is 24.8 Å². The molecular formula is C15H22Cl2F2N2O3. The maximum absolute atomic E-state index is 13.5. The summed E-state index contributed by atoms with van der Waals surface area (Å²) in [6.45, 7) is 3.76. The minimum Gasteiger partial charge on any atom is -0.493 e. The van der Waals surface area contributed by atoms with Crippen LogP contribution in [0.1, 0.15) is 18.5 Å². The summed E-state index contributed by atoms with van der Waals surface area (Å²) in [5.41, 5.74) is 0.449. The second kappa shape index (κ2) is 10.7. The Morgan fingerprint density at radius 2 is 1.83 bits per heavy atom. The van der Waals surface area contributed by atoms with Crippen LogP contribution in [-0.2, 0) is 4.79 Å². The third-order valence-corrected chi connectivity index (χ3v) is 3.57. The molecule has 1 atom stereocenters. The minimum absolute atomic E-state index is 0. The molecule has 0 radical (unpaired) electrons. The van der Waals surface area contributed by atoms with Crippen molar-refractivity contribution in [1.82, 2.24) is 10.2 Å². The molecule has 1 N–H and O–H groups in total. The van der Waals surface area contributed by atoms with Crippen molar-refractivity contribution < 1.29 is 23.0 Å². The molecule has 9 heteroatoms. The van der Waals surface area contributed by atoms with E-state index in [1.807, 2.05) is 0 Å². The summed E-state index contributed by atoms with van der Waals surface area (Å²) >= 11 is 0. The summed E-state index contributed by atoms with van der Waals surface area (Å²) in [5, 5.41) is 3.14. The zero-order valence-electron chi connectivity index (χ0n) is 13.5. The molecule has 1 fully saturated rings. The molecule has 0 unspecified atom stereocenters. The molecule has 0 spiro atoms. The lowest BCUT2D eigenvalue weighted by Gasteiger charge is -2.34. The topological polar surface area (TPSA) is 50.8 Å². The van der Waals surface area contributed by atoms with Gasteiger partial charge in [0.1, 0.15) is 0 Å². The highest BCUT2D eigenvalue weighted by molar-refractivity contribution is 5.85. The first-order valence-corrected chi connectivity index (χ1v) is 7.12. The van der Waals surface area contributed by atoms with Gasteiger partial charge in [0.05, 0.1) is 13.2 Å². The maximum atomic E-state index is 13.5. The van der Waals surface area contributed by atoms with Crippen molar-refractivity contribution in [2.24, 2.45) is 0 Å². The van der Waals surface area contributed by atoms with Crippen LogP contribution < -0.4 is 14.8 Å². The van der Waals surface area contributed by atoms with E-state index in [1.54, 1.807) is 11.0 Å². The number of carbonyl (C=O) groups excluding carboxylic acids is 1. The molecule has 0 bridgehead atoms. The van der Waals surface area contributed by atoms with Crippen LogP contribution in [-0.4, -0.2) is 50.6 Å². The Morgan fingerprint density at radius 3 is 2.33 bits per heavy atom. The second-order valence-corrected chi connectivity index (χ2v) is 5.07. The summed E-state index contributed by atoms with van der Waals surface area (Å²) < 4.78 is 37.2. The van der Waals surface area contributed by atoms with Crippen LogP contribution in [0.2, 0.25) is 0 Å². The van der Waals surface area contributed by atoms with Crippen LogP contribution in [0.3, 0.4) is 0 Å². The van der Waals surface area contributed by atoms with Gasteiger partial charge in [-0.05, 0) is 17.7 Å². The molecule has 1 aromatic rings. The number of halogens is 4. The summed E-state index contributed by atoms with van der Waals surface area (Å²) in [7, 11) is 1.41. The third-order valence-electron chi connectivity index (χ3n) is 3.57. The molecule has 2 rings (SSSR count). The first-order valence-electron chi connectivity index (χ1n) is 7.12. The number of hydrogen-bond donors (Lipinski definition) is 1. The number of esters is 1. The number of nitrogens with one attached hydrogen (secondary N) is 1. The Balaban J connectivity index is 0.00000264. The molecule has 24 heavy (non-hydrogen) atoms. The van der Waals surface area contributed by atoms with Crippen LogP contribution in [0, 0.1) is 0 Å². The van der Waals surface area contributed by atoms with Crippen LogP contribution in [0.4, 0.5) is 8.78 Å². The zero-order chi connectivity index (χ0) is 16.1. The predicted octanol–water partition coefficient (Wildman–Crippen LogP) is 2.68. The first-order chi connectivity index (χ1) is 10.5. The lowest BCUT2D eigenvalue weighted by molar-refractivity contribution is -0.132. The normalized spacial score (nSPS) is 15.9. The number of ether oxygens (including phenoxy) is 2. The Bertz CT molecular complexity index is 529. The fraction of sp³-hybridized carbons (Fsp3) is 0.533. The highest BCUT2D eigenvalue weighted by Crippen LogP contribution is 2.35. The molecule has 1 aliphatic heterocycles. The van der Waals surface area contributed by atoms with E-state index in [9.17, 15) is 13.6 Å². The molecule has 0 saturated carbocycles. The van der Waals surface area contributed by atoms with E-state index in [0.717, 1.165) is 0 Å². The number of alkyl halides is 2. The van der Waals surface area contributed by atoms with Crippen molar-refractivity contribution in [3.05, 3.63) is 23.8 Å². The summed E-state index contributed by atoms with van der Waals surface area (Å²) in [6, 6.07) is 3.56. The van der Waals surface area contributed by atoms with Crippen molar-refractivity contribution in [3.8, 4) is 11.5 Å². The van der Waals surface area contributed by atoms with E-state index in [2.05, 4.69) is 5.32 Å². The van der Waals surface area contributed by atoms with Gasteiger partial charge in [-0.15, -0.1) is 24.8 Å². The highest BCUT2D eigenvalue weighted by Gasteiger charge is 2.30. The first kappa shape index (κ1) is 22.9. The number of rotatable bonds is 5. The van der Waals surface area contributed by atoms with Crippen molar-refractivity contribution in [3.63, 3.8) is 0 Å². The monoisotopic (exact) mass is 386 g/mol. The fourth-order valence-corrected chi connectivity index (χ4v) is 2.58. The quantitative estimate of drug-likeness (QED) is 0.622. The maximum Gasteiger partial charge on any atom is 0.308 e. The standard InChI is InChI=1S/C15H20F2N2O3.2ClH/c1-10(20)22-12-4-3-11(9-13(12)21-2)14(15(16)17)19-7-5-18-6-8-19;;/h3-4,9,14-15,18H,5-8H2,1-2H3;2*1H/t14-;;/m0../s1. The van der Waals surface area contributed by atoms with Gasteiger partial charge in [0.15, 0.2) is 11.5 Å². The Morgan fingerprint density at radius 1 is 1.21 bits per heavy atom. The minimum atomic E-state index is -2.51. The van der Waals surface area contributed by atoms with Crippen molar-refractivity contribution in [2.45, 2.75) is 19.4 Å². The number of piperazine rings is 1. The summed E-state index contributed by atoms with van der Waals surface area (Å²) in [4.78, 5) is 12.8. The second-order valence-electron chi connectivity index (χ2n) is 5.07. The summed E-state index contributed by atoms with van der Waals surface area (Å²) in [6.07, 6.45) is -2.51. The summed E-state index contributed by atoms with van der Waals surface area (Å²) in [5.74, 6) is 0.0131. The van der Waals surface area contributed by atoms with Crippen molar-refractivity contribution >= 4 is 30.8 Å². The van der Waals surface area contributed by atoms with Crippen molar-refractivity contribution in [2.75, 3.05) is 33.3 Å². The third kappa shape index (κ3) is 5.73. The van der Waals surface area contributed by atoms with Gasteiger partial charge in [0.25, 0.3) is 6.43 Å². The van der Waals surface area contributed by atoms with E-state index < -0.39 is 18.4 Å². The molecule has 1 saturated heterocycles. The number of benzene rings is 1. The number of hydrogen-bond acceptors (Lipinski definition) is 5. The van der Waals surface area contributed by atoms with E-state index in [4.69, 9.17) is 9.47 Å². The average molecular weight is 387 g/mol. The molecule has 5 nitrogen and oxygen atoms in total. The molecule has 1 aliphatic rings. The van der Waals surface area contributed by atoms with Crippen LogP contribution in [0.5, 0.6) is 11.5 Å². The molecule has 1 aromatic carbocycles. The molecule has 138 valence electrons. The Labute approximate surface area is 152 Å². The smallest absolute Gasteiger partial charge is 0.308 e. The average Bonchev–Trinajstić information content (AvgIpc) is 2.49. The van der Waals surface area contributed by atoms with Gasteiger partial charge >= 0.3 is 5.97 Å². The number of carbonyl (C=O) groups is 1. The zero-order valence-corrected chi connectivity index (χ0v) is 15.1. The lowest BCUT2D eigenvalue weighted by atomic mass is 10.0. The van der Waals surface area contributed by atoms with Gasteiger partial charge < -0.3 is 14.8 Å². The molecule has 0 amide bonds. The van der Waals surface area contributed by atoms with E-state index in [0.29, 0.717) is 31.7 Å². The van der Waals surface area contributed by atoms with Gasteiger partial charge in [-0.1, -0.05) is 6.07 Å². The van der Waals surface area contributed by atoms with Crippen LogP contribution in [0.15, 0.2) is 18.2 Å².